The van der Waals surface area contributed by atoms with Gasteiger partial charge in [-0.3, -0.25) is 4.79 Å². The second-order valence-electron chi connectivity index (χ2n) is 7.22. The summed E-state index contributed by atoms with van der Waals surface area (Å²) >= 11 is 6.24. The minimum atomic E-state index is -0.789. The summed E-state index contributed by atoms with van der Waals surface area (Å²) in [4.78, 5) is 15.9. The Bertz CT molecular complexity index is 577. The van der Waals surface area contributed by atoms with Gasteiger partial charge < -0.3 is 5.11 Å². The molecule has 0 radical (unpaired) electrons. The number of halogens is 1. The van der Waals surface area contributed by atoms with E-state index in [9.17, 15) is 9.90 Å². The summed E-state index contributed by atoms with van der Waals surface area (Å²) in [7, 11) is 0. The highest BCUT2D eigenvalue weighted by Gasteiger charge is 2.34. The van der Waals surface area contributed by atoms with Crippen molar-refractivity contribution in [2.45, 2.75) is 64.4 Å². The smallest absolute Gasteiger partial charge is 0.153 e. The molecule has 2 aliphatic rings. The van der Waals surface area contributed by atoms with Gasteiger partial charge >= 0.3 is 0 Å². The van der Waals surface area contributed by atoms with Gasteiger partial charge in [-0.1, -0.05) is 50.8 Å². The number of hydrogen-bond acceptors (Lipinski definition) is 3. The van der Waals surface area contributed by atoms with Gasteiger partial charge in [-0.2, -0.15) is 0 Å². The van der Waals surface area contributed by atoms with Gasteiger partial charge in [0.1, 0.15) is 5.15 Å². The molecule has 1 unspecified atom stereocenters. The van der Waals surface area contributed by atoms with Crippen LogP contribution in [0.1, 0.15) is 85.2 Å². The molecule has 0 amide bonds. The van der Waals surface area contributed by atoms with Crippen molar-refractivity contribution in [3.8, 4) is 0 Å². The van der Waals surface area contributed by atoms with Crippen LogP contribution in [0.25, 0.3) is 0 Å². The molecule has 1 aromatic rings. The summed E-state index contributed by atoms with van der Waals surface area (Å²) in [6.45, 7) is 4.19. The quantitative estimate of drug-likeness (QED) is 0.620. The van der Waals surface area contributed by atoms with Gasteiger partial charge in [0.2, 0.25) is 0 Å². The molecule has 4 heteroatoms. The van der Waals surface area contributed by atoms with E-state index in [1.165, 1.54) is 0 Å². The van der Waals surface area contributed by atoms with Crippen LogP contribution < -0.4 is 5.11 Å². The van der Waals surface area contributed by atoms with E-state index in [1.54, 1.807) is 0 Å². The second kappa shape index (κ2) is 5.36. The number of rotatable bonds is 2. The monoisotopic (exact) mass is 306 g/mol. The lowest BCUT2D eigenvalue weighted by molar-refractivity contribution is -0.434. The first-order valence-electron chi connectivity index (χ1n) is 7.76. The summed E-state index contributed by atoms with van der Waals surface area (Å²) in [6.07, 6.45) is 5.77. The summed E-state index contributed by atoms with van der Waals surface area (Å²) in [5.41, 5.74) is 2.94. The maximum Gasteiger partial charge on any atom is 0.153 e. The standard InChI is InChI=1S/C17H21ClNO2/c1-17(2)7-12-15(13(21)8-17)14(10-5-3-4-6-10)11(9-20)16(18)19-12/h9-10,13H,3-8H2,1-2H3/q-1. The van der Waals surface area contributed by atoms with Crippen molar-refractivity contribution >= 4 is 17.9 Å². The van der Waals surface area contributed by atoms with E-state index < -0.39 is 6.10 Å². The highest BCUT2D eigenvalue weighted by molar-refractivity contribution is 6.32. The second-order valence-corrected chi connectivity index (χ2v) is 7.58. The van der Waals surface area contributed by atoms with Crippen molar-refractivity contribution in [2.75, 3.05) is 0 Å². The molecule has 1 saturated carbocycles. The fraction of sp³-hybridized carbons (Fsp3) is 0.647. The Kier molecular flexibility index (Phi) is 3.83. The van der Waals surface area contributed by atoms with Crippen molar-refractivity contribution in [3.05, 3.63) is 27.5 Å². The van der Waals surface area contributed by atoms with E-state index >= 15 is 0 Å². The summed E-state index contributed by atoms with van der Waals surface area (Å²) in [5, 5.41) is 13.0. The normalized spacial score (nSPS) is 24.9. The first-order valence-corrected chi connectivity index (χ1v) is 8.14. The molecule has 1 atom stereocenters. The number of fused-ring (bicyclic) bond motifs is 1. The molecule has 3 rings (SSSR count). The zero-order valence-corrected chi connectivity index (χ0v) is 13.4. The largest absolute Gasteiger partial charge is 0.848 e. The van der Waals surface area contributed by atoms with Crippen LogP contribution in [-0.4, -0.2) is 11.3 Å². The van der Waals surface area contributed by atoms with Gasteiger partial charge in [-0.15, -0.1) is 0 Å². The van der Waals surface area contributed by atoms with E-state index in [0.29, 0.717) is 17.9 Å². The maximum atomic E-state index is 12.7. The van der Waals surface area contributed by atoms with Gasteiger partial charge in [0.05, 0.1) is 5.56 Å². The zero-order chi connectivity index (χ0) is 15.2. The SMILES string of the molecule is CC1(C)Cc2nc(Cl)c(C=O)c(C3CCCC3)c2C([O-])C1. The molecule has 3 nitrogen and oxygen atoms in total. The topological polar surface area (TPSA) is 53.0 Å². The van der Waals surface area contributed by atoms with Crippen LogP contribution in [0.2, 0.25) is 5.15 Å². The van der Waals surface area contributed by atoms with E-state index in [0.717, 1.165) is 55.2 Å². The van der Waals surface area contributed by atoms with Crippen molar-refractivity contribution in [3.63, 3.8) is 0 Å². The Hall–Kier alpha value is -0.930. The molecule has 21 heavy (non-hydrogen) atoms. The van der Waals surface area contributed by atoms with Crippen molar-refractivity contribution in [1.82, 2.24) is 4.98 Å². The first kappa shape index (κ1) is 15.0. The Labute approximate surface area is 130 Å². The average molecular weight is 307 g/mol. The van der Waals surface area contributed by atoms with Crippen LogP contribution in [0.3, 0.4) is 0 Å². The third-order valence-electron chi connectivity index (χ3n) is 4.93. The third-order valence-corrected chi connectivity index (χ3v) is 5.22. The maximum absolute atomic E-state index is 12.7. The number of hydrogen-bond donors (Lipinski definition) is 0. The predicted octanol–water partition coefficient (Wildman–Crippen LogP) is 3.58. The number of aromatic nitrogens is 1. The molecule has 2 aliphatic carbocycles. The molecule has 0 aliphatic heterocycles. The van der Waals surface area contributed by atoms with E-state index in [-0.39, 0.29) is 10.6 Å². The van der Waals surface area contributed by atoms with E-state index in [4.69, 9.17) is 11.6 Å². The van der Waals surface area contributed by atoms with Gasteiger partial charge in [0.15, 0.2) is 6.29 Å². The molecule has 1 fully saturated rings. The van der Waals surface area contributed by atoms with Crippen LogP contribution in [-0.2, 0) is 6.42 Å². The average Bonchev–Trinajstić information content (AvgIpc) is 2.88. The fourth-order valence-corrected chi connectivity index (χ4v) is 4.29. The zero-order valence-electron chi connectivity index (χ0n) is 12.6. The van der Waals surface area contributed by atoms with Crippen molar-refractivity contribution < 1.29 is 9.90 Å². The third kappa shape index (κ3) is 2.62. The molecule has 0 aromatic carbocycles. The van der Waals surface area contributed by atoms with Crippen LogP contribution in [0.5, 0.6) is 0 Å². The molecule has 0 spiro atoms. The minimum Gasteiger partial charge on any atom is -0.848 e. The lowest BCUT2D eigenvalue weighted by atomic mass is 9.72. The fourth-order valence-electron chi connectivity index (χ4n) is 4.04. The van der Waals surface area contributed by atoms with Crippen molar-refractivity contribution in [1.29, 1.82) is 0 Å². The van der Waals surface area contributed by atoms with Crippen LogP contribution in [0.4, 0.5) is 0 Å². The Morgan fingerprint density at radius 3 is 2.57 bits per heavy atom. The molecule has 1 heterocycles. The molecule has 0 N–H and O–H groups in total. The summed E-state index contributed by atoms with van der Waals surface area (Å²) < 4.78 is 0. The van der Waals surface area contributed by atoms with Crippen LogP contribution >= 0.6 is 11.6 Å². The number of carbonyl (C=O) groups excluding carboxylic acids is 1. The Morgan fingerprint density at radius 1 is 1.29 bits per heavy atom. The van der Waals surface area contributed by atoms with Gasteiger partial charge in [-0.05, 0) is 41.7 Å². The Morgan fingerprint density at radius 2 is 1.95 bits per heavy atom. The van der Waals surface area contributed by atoms with E-state index in [1.807, 2.05) is 0 Å². The number of aldehydes is 1. The highest BCUT2D eigenvalue weighted by atomic mass is 35.5. The van der Waals surface area contributed by atoms with Crippen LogP contribution in [0.15, 0.2) is 0 Å². The predicted molar refractivity (Wildman–Crippen MR) is 80.7 cm³/mol. The van der Waals surface area contributed by atoms with Gasteiger partial charge in [-0.25, -0.2) is 4.98 Å². The summed E-state index contributed by atoms with van der Waals surface area (Å²) in [5.74, 6) is 0.303. The lowest BCUT2D eigenvalue weighted by Crippen LogP contribution is -2.34. The van der Waals surface area contributed by atoms with Crippen molar-refractivity contribution in [2.24, 2.45) is 5.41 Å². The number of pyridine rings is 1. The highest BCUT2D eigenvalue weighted by Crippen LogP contribution is 2.46. The lowest BCUT2D eigenvalue weighted by Gasteiger charge is -2.42. The Balaban J connectivity index is 2.21. The molecule has 0 saturated heterocycles. The van der Waals surface area contributed by atoms with Gasteiger partial charge in [0.25, 0.3) is 0 Å². The molecule has 114 valence electrons. The molecule has 1 aromatic heterocycles. The molecular weight excluding hydrogens is 286 g/mol. The first-order chi connectivity index (χ1) is 9.93. The molecule has 0 bridgehead atoms. The number of nitrogens with zero attached hydrogens (tertiary/aromatic N) is 1. The van der Waals surface area contributed by atoms with Crippen LogP contribution in [0, 0.1) is 5.41 Å². The summed E-state index contributed by atoms with van der Waals surface area (Å²) in [6, 6.07) is 0. The minimum absolute atomic E-state index is 0.0502. The number of carbonyl (C=O) groups is 1. The van der Waals surface area contributed by atoms with Gasteiger partial charge in [0, 0.05) is 5.69 Å². The van der Waals surface area contributed by atoms with E-state index in [2.05, 4.69) is 18.8 Å². The molecular formula is C17H21ClNO2-.